The van der Waals surface area contributed by atoms with Gasteiger partial charge in [0.2, 0.25) is 5.95 Å². The van der Waals surface area contributed by atoms with Crippen molar-refractivity contribution in [3.8, 4) is 5.69 Å². The molecule has 1 aliphatic rings. The van der Waals surface area contributed by atoms with Crippen LogP contribution in [0, 0.1) is 0 Å². The second kappa shape index (κ2) is 7.44. The Kier molecular flexibility index (Phi) is 4.70. The largest absolute Gasteiger partial charge is 0.339 e. The van der Waals surface area contributed by atoms with Crippen LogP contribution in [-0.4, -0.2) is 50.8 Å². The molecule has 0 atom stereocenters. The number of benzene rings is 1. The first-order valence-electron chi connectivity index (χ1n) is 8.72. The van der Waals surface area contributed by atoms with Crippen molar-refractivity contribution in [2.75, 3.05) is 31.1 Å². The second-order valence-electron chi connectivity index (χ2n) is 6.24. The lowest BCUT2D eigenvalue weighted by atomic mass is 10.1. The molecular weight excluding hydrogens is 312 g/mol. The molecule has 0 spiro atoms. The summed E-state index contributed by atoms with van der Waals surface area (Å²) in [6, 6.07) is 12.3. The topological polar surface area (TPSA) is 50.1 Å². The normalized spacial score (nSPS) is 15.9. The van der Waals surface area contributed by atoms with Crippen LogP contribution in [0.2, 0.25) is 0 Å². The van der Waals surface area contributed by atoms with E-state index in [0.717, 1.165) is 50.8 Å². The quantitative estimate of drug-likeness (QED) is 0.733. The zero-order valence-corrected chi connectivity index (χ0v) is 14.2. The van der Waals surface area contributed by atoms with Crippen LogP contribution in [0.4, 0.5) is 5.95 Å². The molecule has 1 aliphatic heterocycles. The van der Waals surface area contributed by atoms with Gasteiger partial charge in [0.05, 0.1) is 5.69 Å². The molecule has 0 saturated carbocycles. The molecule has 0 N–H and O–H groups in total. The minimum absolute atomic E-state index is 0.835. The molecule has 3 aromatic rings. The van der Waals surface area contributed by atoms with E-state index in [4.69, 9.17) is 0 Å². The first kappa shape index (κ1) is 15.8. The van der Waals surface area contributed by atoms with Gasteiger partial charge in [0, 0.05) is 57.5 Å². The van der Waals surface area contributed by atoms with Gasteiger partial charge >= 0.3 is 0 Å². The van der Waals surface area contributed by atoms with Gasteiger partial charge in [0.25, 0.3) is 0 Å². The van der Waals surface area contributed by atoms with Crippen LogP contribution in [-0.2, 0) is 6.54 Å². The number of hydrogen-bond acceptors (Lipinski definition) is 5. The highest BCUT2D eigenvalue weighted by Crippen LogP contribution is 2.18. The fraction of sp³-hybridized carbons (Fsp3) is 0.316. The van der Waals surface area contributed by atoms with Crippen LogP contribution in [0.1, 0.15) is 12.0 Å². The summed E-state index contributed by atoms with van der Waals surface area (Å²) in [5, 5.41) is 4.38. The number of aromatic nitrogens is 4. The predicted molar refractivity (Wildman–Crippen MR) is 97.7 cm³/mol. The zero-order chi connectivity index (χ0) is 16.9. The van der Waals surface area contributed by atoms with Gasteiger partial charge in [-0.1, -0.05) is 18.2 Å². The third-order valence-corrected chi connectivity index (χ3v) is 4.56. The Bertz CT molecular complexity index is 787. The third kappa shape index (κ3) is 3.69. The maximum atomic E-state index is 4.39. The van der Waals surface area contributed by atoms with Gasteiger partial charge in [-0.3, -0.25) is 4.90 Å². The van der Waals surface area contributed by atoms with Crippen molar-refractivity contribution in [3.05, 3.63) is 66.7 Å². The van der Waals surface area contributed by atoms with Crippen LogP contribution in [0.5, 0.6) is 0 Å². The van der Waals surface area contributed by atoms with Crippen molar-refractivity contribution in [2.24, 2.45) is 0 Å². The van der Waals surface area contributed by atoms with Crippen molar-refractivity contribution in [1.82, 2.24) is 24.6 Å². The molecule has 25 heavy (non-hydrogen) atoms. The monoisotopic (exact) mass is 334 g/mol. The molecule has 4 rings (SSSR count). The molecule has 1 fully saturated rings. The first-order valence-corrected chi connectivity index (χ1v) is 8.72. The molecule has 2 aromatic heterocycles. The van der Waals surface area contributed by atoms with E-state index in [1.54, 1.807) is 0 Å². The molecule has 0 aliphatic carbocycles. The van der Waals surface area contributed by atoms with E-state index in [0.29, 0.717) is 0 Å². The van der Waals surface area contributed by atoms with E-state index < -0.39 is 0 Å². The van der Waals surface area contributed by atoms with Gasteiger partial charge < -0.3 is 4.90 Å². The van der Waals surface area contributed by atoms with Crippen LogP contribution < -0.4 is 4.90 Å². The van der Waals surface area contributed by atoms with Crippen LogP contribution in [0.25, 0.3) is 5.69 Å². The van der Waals surface area contributed by atoms with E-state index in [9.17, 15) is 0 Å². The highest BCUT2D eigenvalue weighted by Gasteiger charge is 2.18. The Morgan fingerprint density at radius 1 is 0.840 bits per heavy atom. The summed E-state index contributed by atoms with van der Waals surface area (Å²) in [6.45, 7) is 4.97. The Labute approximate surface area is 147 Å². The molecule has 0 unspecified atom stereocenters. The summed E-state index contributed by atoms with van der Waals surface area (Å²) in [5.74, 6) is 0.835. The Hall–Kier alpha value is -2.73. The number of rotatable bonds is 4. The minimum Gasteiger partial charge on any atom is -0.339 e. The van der Waals surface area contributed by atoms with Crippen molar-refractivity contribution in [2.45, 2.75) is 13.0 Å². The highest BCUT2D eigenvalue weighted by atomic mass is 15.3. The highest BCUT2D eigenvalue weighted by molar-refractivity contribution is 5.40. The van der Waals surface area contributed by atoms with Crippen molar-refractivity contribution in [3.63, 3.8) is 0 Å². The lowest BCUT2D eigenvalue weighted by Gasteiger charge is -2.22. The van der Waals surface area contributed by atoms with Crippen LogP contribution >= 0.6 is 0 Å². The Balaban J connectivity index is 1.46. The third-order valence-electron chi connectivity index (χ3n) is 4.56. The number of para-hydroxylation sites is 1. The lowest BCUT2D eigenvalue weighted by molar-refractivity contribution is 0.285. The van der Waals surface area contributed by atoms with Crippen LogP contribution in [0.15, 0.2) is 61.2 Å². The summed E-state index contributed by atoms with van der Waals surface area (Å²) in [5.41, 5.74) is 2.45. The lowest BCUT2D eigenvalue weighted by Crippen LogP contribution is -2.31. The van der Waals surface area contributed by atoms with Gasteiger partial charge in [0.15, 0.2) is 0 Å². The average molecular weight is 334 g/mol. The maximum Gasteiger partial charge on any atom is 0.225 e. The van der Waals surface area contributed by atoms with E-state index in [2.05, 4.69) is 49.1 Å². The number of anilines is 1. The van der Waals surface area contributed by atoms with Gasteiger partial charge in [-0.05, 0) is 30.2 Å². The van der Waals surface area contributed by atoms with Crippen molar-refractivity contribution >= 4 is 5.95 Å². The van der Waals surface area contributed by atoms with Crippen molar-refractivity contribution in [1.29, 1.82) is 0 Å². The summed E-state index contributed by atoms with van der Waals surface area (Å²) < 4.78 is 1.94. The van der Waals surface area contributed by atoms with E-state index in [1.165, 1.54) is 5.56 Å². The van der Waals surface area contributed by atoms with E-state index in [-0.39, 0.29) is 0 Å². The van der Waals surface area contributed by atoms with E-state index in [1.807, 2.05) is 41.6 Å². The van der Waals surface area contributed by atoms with Crippen LogP contribution in [0.3, 0.4) is 0 Å². The van der Waals surface area contributed by atoms with Gasteiger partial charge in [-0.15, -0.1) is 0 Å². The maximum absolute atomic E-state index is 4.39. The smallest absolute Gasteiger partial charge is 0.225 e. The molecule has 128 valence electrons. The summed E-state index contributed by atoms with van der Waals surface area (Å²) >= 11 is 0. The van der Waals surface area contributed by atoms with Crippen molar-refractivity contribution < 1.29 is 0 Å². The molecule has 1 saturated heterocycles. The second-order valence-corrected chi connectivity index (χ2v) is 6.24. The fourth-order valence-electron chi connectivity index (χ4n) is 3.30. The molecule has 3 heterocycles. The Morgan fingerprint density at radius 3 is 2.56 bits per heavy atom. The molecule has 0 radical (unpaired) electrons. The average Bonchev–Trinajstić information content (AvgIpc) is 3.10. The number of nitrogens with zero attached hydrogens (tertiary/aromatic N) is 6. The molecule has 0 bridgehead atoms. The van der Waals surface area contributed by atoms with Gasteiger partial charge in [-0.2, -0.15) is 5.10 Å². The molecule has 6 heteroatoms. The summed E-state index contributed by atoms with van der Waals surface area (Å²) in [7, 11) is 0. The number of hydrogen-bond donors (Lipinski definition) is 0. The molecule has 1 aromatic carbocycles. The first-order chi connectivity index (χ1) is 12.4. The predicted octanol–water partition coefficient (Wildman–Crippen LogP) is 2.37. The van der Waals surface area contributed by atoms with Gasteiger partial charge in [-0.25, -0.2) is 14.6 Å². The Morgan fingerprint density at radius 2 is 1.72 bits per heavy atom. The van der Waals surface area contributed by atoms with E-state index >= 15 is 0 Å². The summed E-state index contributed by atoms with van der Waals surface area (Å²) in [6.07, 6.45) is 8.55. The minimum atomic E-state index is 0.835. The zero-order valence-electron chi connectivity index (χ0n) is 14.2. The molecule has 0 amide bonds. The standard InChI is InChI=1S/C19H22N6/c1-2-7-18(25-13-4-10-22-25)17(6-1)16-23-11-5-12-24(15-14-23)19-20-8-3-9-21-19/h1-4,6-10,13H,5,11-12,14-16H2. The fourth-order valence-corrected chi connectivity index (χ4v) is 3.30. The van der Waals surface area contributed by atoms with Gasteiger partial charge in [0.1, 0.15) is 0 Å². The SMILES string of the molecule is c1cnc(N2CCCN(Cc3ccccc3-n3cccn3)CC2)nc1. The molecule has 6 nitrogen and oxygen atoms in total. The summed E-state index contributed by atoms with van der Waals surface area (Å²) in [4.78, 5) is 13.6. The molecular formula is C19H22N6.